The number of thiocarbonyl (C=S) groups is 1. The lowest BCUT2D eigenvalue weighted by Gasteiger charge is -2.37. The number of piperazine rings is 1. The van der Waals surface area contributed by atoms with E-state index in [1.54, 1.807) is 12.1 Å². The molecule has 0 bridgehead atoms. The summed E-state index contributed by atoms with van der Waals surface area (Å²) in [5.41, 5.74) is 1.16. The van der Waals surface area contributed by atoms with Crippen molar-refractivity contribution in [2.45, 2.75) is 32.6 Å². The number of rotatable bonds is 7. The number of non-ortho nitro benzene ring substituents is 1. The van der Waals surface area contributed by atoms with Gasteiger partial charge in [0.05, 0.1) is 4.92 Å². The Bertz CT molecular complexity index is 542. The second kappa shape index (κ2) is 9.42. The number of nitrogens with zero attached hydrogens (tertiary/aromatic N) is 3. The van der Waals surface area contributed by atoms with E-state index >= 15 is 0 Å². The monoisotopic (exact) mass is 350 g/mol. The summed E-state index contributed by atoms with van der Waals surface area (Å²) < 4.78 is 0. The molecule has 7 heteroatoms. The van der Waals surface area contributed by atoms with Gasteiger partial charge in [0.2, 0.25) is 0 Å². The Morgan fingerprint density at radius 3 is 2.42 bits per heavy atom. The minimum absolute atomic E-state index is 0.130. The number of anilines is 1. The minimum Gasteiger partial charge on any atom is -0.368 e. The van der Waals surface area contributed by atoms with Crippen LogP contribution in [0.25, 0.3) is 0 Å². The van der Waals surface area contributed by atoms with Crippen LogP contribution >= 0.6 is 12.2 Å². The molecule has 0 atom stereocenters. The van der Waals surface area contributed by atoms with Crippen molar-refractivity contribution in [2.75, 3.05) is 37.6 Å². The molecule has 6 nitrogen and oxygen atoms in total. The molecule has 1 N–H and O–H groups in total. The molecule has 0 radical (unpaired) electrons. The fourth-order valence-corrected chi connectivity index (χ4v) is 3.10. The Balaban J connectivity index is 1.74. The molecule has 132 valence electrons. The van der Waals surface area contributed by atoms with Gasteiger partial charge in [-0.1, -0.05) is 26.2 Å². The van der Waals surface area contributed by atoms with Crippen molar-refractivity contribution in [3.8, 4) is 0 Å². The van der Waals surface area contributed by atoms with Crippen LogP contribution in [0, 0.1) is 10.1 Å². The molecule has 2 rings (SSSR count). The van der Waals surface area contributed by atoms with E-state index in [9.17, 15) is 10.1 Å². The third-order valence-corrected chi connectivity index (χ3v) is 4.70. The van der Waals surface area contributed by atoms with Gasteiger partial charge in [-0.2, -0.15) is 0 Å². The Hall–Kier alpha value is -1.89. The summed E-state index contributed by atoms with van der Waals surface area (Å²) in [7, 11) is 0. The van der Waals surface area contributed by atoms with Gasteiger partial charge in [0.25, 0.3) is 5.69 Å². The second-order valence-corrected chi connectivity index (χ2v) is 6.43. The Morgan fingerprint density at radius 2 is 1.83 bits per heavy atom. The van der Waals surface area contributed by atoms with E-state index in [0.717, 1.165) is 49.9 Å². The Morgan fingerprint density at radius 1 is 1.17 bits per heavy atom. The van der Waals surface area contributed by atoms with Gasteiger partial charge < -0.3 is 15.1 Å². The van der Waals surface area contributed by atoms with Crippen molar-refractivity contribution in [3.63, 3.8) is 0 Å². The maximum absolute atomic E-state index is 10.7. The van der Waals surface area contributed by atoms with E-state index in [1.165, 1.54) is 19.3 Å². The highest BCUT2D eigenvalue weighted by Gasteiger charge is 2.19. The van der Waals surface area contributed by atoms with E-state index in [-0.39, 0.29) is 10.6 Å². The second-order valence-electron chi connectivity index (χ2n) is 6.04. The normalized spacial score (nSPS) is 14.5. The van der Waals surface area contributed by atoms with Crippen molar-refractivity contribution in [1.82, 2.24) is 10.2 Å². The van der Waals surface area contributed by atoms with E-state index in [2.05, 4.69) is 22.0 Å². The Kier molecular flexibility index (Phi) is 7.24. The van der Waals surface area contributed by atoms with Gasteiger partial charge in [-0.25, -0.2) is 0 Å². The quantitative estimate of drug-likeness (QED) is 0.353. The zero-order valence-corrected chi connectivity index (χ0v) is 15.1. The molecule has 1 saturated heterocycles. The van der Waals surface area contributed by atoms with Gasteiger partial charge in [0, 0.05) is 50.5 Å². The maximum Gasteiger partial charge on any atom is 0.269 e. The minimum atomic E-state index is -0.369. The van der Waals surface area contributed by atoms with Gasteiger partial charge in [-0.15, -0.1) is 0 Å². The van der Waals surface area contributed by atoms with Gasteiger partial charge in [0.15, 0.2) is 5.11 Å². The summed E-state index contributed by atoms with van der Waals surface area (Å²) in [5.74, 6) is 0. The fraction of sp³-hybridized carbons (Fsp3) is 0.588. The molecule has 0 aliphatic carbocycles. The first-order valence-corrected chi connectivity index (χ1v) is 9.05. The first-order valence-electron chi connectivity index (χ1n) is 8.64. The summed E-state index contributed by atoms with van der Waals surface area (Å²) in [6.45, 7) is 6.64. The molecule has 24 heavy (non-hydrogen) atoms. The molecule has 1 aromatic rings. The SMILES string of the molecule is CCCCCCNC(=S)N1CCN(c2ccc([N+](=O)[O-])cc2)CC1. The number of unbranched alkanes of at least 4 members (excludes halogenated alkanes) is 3. The van der Waals surface area contributed by atoms with Gasteiger partial charge in [-0.05, 0) is 30.8 Å². The van der Waals surface area contributed by atoms with Gasteiger partial charge >= 0.3 is 0 Å². The van der Waals surface area contributed by atoms with Crippen LogP contribution in [0.5, 0.6) is 0 Å². The summed E-state index contributed by atoms with van der Waals surface area (Å²) in [6.07, 6.45) is 4.94. The molecule has 1 fully saturated rings. The average molecular weight is 350 g/mol. The van der Waals surface area contributed by atoms with Crippen LogP contribution in [0.4, 0.5) is 11.4 Å². The highest BCUT2D eigenvalue weighted by molar-refractivity contribution is 7.80. The number of nitro groups is 1. The highest BCUT2D eigenvalue weighted by atomic mass is 32.1. The van der Waals surface area contributed by atoms with E-state index in [4.69, 9.17) is 12.2 Å². The first-order chi connectivity index (χ1) is 11.6. The van der Waals surface area contributed by atoms with Gasteiger partial charge in [0.1, 0.15) is 0 Å². The molecule has 1 aliphatic heterocycles. The zero-order chi connectivity index (χ0) is 17.4. The van der Waals surface area contributed by atoms with Crippen LogP contribution in [0.2, 0.25) is 0 Å². The van der Waals surface area contributed by atoms with Crippen molar-refractivity contribution in [3.05, 3.63) is 34.4 Å². The summed E-state index contributed by atoms with van der Waals surface area (Å²) in [5, 5.41) is 14.9. The topological polar surface area (TPSA) is 61.6 Å². The molecule has 0 aromatic heterocycles. The molecule has 1 aromatic carbocycles. The van der Waals surface area contributed by atoms with Crippen LogP contribution < -0.4 is 10.2 Å². The molecular weight excluding hydrogens is 324 g/mol. The van der Waals surface area contributed by atoms with Crippen LogP contribution in [0.1, 0.15) is 32.6 Å². The van der Waals surface area contributed by atoms with E-state index in [0.29, 0.717) is 0 Å². The fourth-order valence-electron chi connectivity index (χ4n) is 2.81. The molecule has 1 heterocycles. The van der Waals surface area contributed by atoms with Crippen LogP contribution in [-0.2, 0) is 0 Å². The molecule has 1 aliphatic rings. The van der Waals surface area contributed by atoms with E-state index < -0.39 is 0 Å². The lowest BCUT2D eigenvalue weighted by atomic mass is 10.2. The summed E-state index contributed by atoms with van der Waals surface area (Å²) in [6, 6.07) is 6.75. The van der Waals surface area contributed by atoms with Crippen LogP contribution in [0.3, 0.4) is 0 Å². The molecular formula is C17H26N4O2S. The Labute approximate surface area is 149 Å². The third kappa shape index (κ3) is 5.33. The van der Waals surface area contributed by atoms with Crippen molar-refractivity contribution in [2.24, 2.45) is 0 Å². The smallest absolute Gasteiger partial charge is 0.269 e. The molecule has 0 amide bonds. The predicted octanol–water partition coefficient (Wildman–Crippen LogP) is 3.17. The number of hydrogen-bond donors (Lipinski definition) is 1. The maximum atomic E-state index is 10.7. The van der Waals surface area contributed by atoms with Crippen molar-refractivity contribution in [1.29, 1.82) is 0 Å². The molecule has 0 spiro atoms. The average Bonchev–Trinajstić information content (AvgIpc) is 2.61. The highest BCUT2D eigenvalue weighted by Crippen LogP contribution is 2.20. The van der Waals surface area contributed by atoms with Crippen LogP contribution in [0.15, 0.2) is 24.3 Å². The predicted molar refractivity (Wildman–Crippen MR) is 102 cm³/mol. The third-order valence-electron chi connectivity index (χ3n) is 4.30. The molecule has 0 saturated carbocycles. The van der Waals surface area contributed by atoms with E-state index in [1.807, 2.05) is 12.1 Å². The number of nitrogens with one attached hydrogen (secondary N) is 1. The first kappa shape index (κ1) is 18.4. The lowest BCUT2D eigenvalue weighted by molar-refractivity contribution is -0.384. The number of hydrogen-bond acceptors (Lipinski definition) is 4. The number of nitro benzene ring substituents is 1. The molecule has 0 unspecified atom stereocenters. The summed E-state index contributed by atoms with van der Waals surface area (Å²) >= 11 is 5.47. The van der Waals surface area contributed by atoms with Crippen molar-refractivity contribution >= 4 is 28.7 Å². The summed E-state index contributed by atoms with van der Waals surface area (Å²) in [4.78, 5) is 14.8. The zero-order valence-electron chi connectivity index (χ0n) is 14.2. The van der Waals surface area contributed by atoms with Crippen molar-refractivity contribution < 1.29 is 4.92 Å². The lowest BCUT2D eigenvalue weighted by Crippen LogP contribution is -2.51. The van der Waals surface area contributed by atoms with Gasteiger partial charge in [-0.3, -0.25) is 10.1 Å². The standard InChI is InChI=1S/C17H26N4O2S/c1-2-3-4-5-10-18-17(24)20-13-11-19(12-14-20)15-6-8-16(9-7-15)21(22)23/h6-9H,2-5,10-14H2,1H3,(H,18,24). The largest absolute Gasteiger partial charge is 0.368 e. The number of benzene rings is 1. The van der Waals surface area contributed by atoms with Crippen LogP contribution in [-0.4, -0.2) is 47.7 Å².